The number of fused-ring (bicyclic) bond motifs is 1. The van der Waals surface area contributed by atoms with Crippen molar-refractivity contribution in [3.05, 3.63) is 108 Å². The summed E-state index contributed by atoms with van der Waals surface area (Å²) in [7, 11) is 0. The lowest BCUT2D eigenvalue weighted by Crippen LogP contribution is -2.43. The second-order valence-electron chi connectivity index (χ2n) is 8.51. The van der Waals surface area contributed by atoms with Crippen LogP contribution in [0.25, 0.3) is 10.8 Å². The van der Waals surface area contributed by atoms with Crippen molar-refractivity contribution in [2.45, 2.75) is 32.0 Å². The third kappa shape index (κ3) is 4.82. The Labute approximate surface area is 193 Å². The molecule has 1 aliphatic carbocycles. The van der Waals surface area contributed by atoms with Gasteiger partial charge in [-0.2, -0.15) is 0 Å². The van der Waals surface area contributed by atoms with Crippen LogP contribution >= 0.6 is 0 Å². The molecule has 0 radical (unpaired) electrons. The Morgan fingerprint density at radius 1 is 0.818 bits per heavy atom. The molecule has 0 unspecified atom stereocenters. The molecule has 33 heavy (non-hydrogen) atoms. The number of furan rings is 1. The highest BCUT2D eigenvalue weighted by molar-refractivity contribution is 6.08. The summed E-state index contributed by atoms with van der Waals surface area (Å²) in [5.41, 5.74) is 1.68. The Bertz CT molecular complexity index is 1240. The first-order valence-electron chi connectivity index (χ1n) is 11.3. The Kier molecular flexibility index (Phi) is 5.94. The van der Waals surface area contributed by atoms with Crippen LogP contribution in [0.4, 0.5) is 0 Å². The van der Waals surface area contributed by atoms with Gasteiger partial charge in [0.15, 0.2) is 0 Å². The molecular formula is C28H26N2O3. The van der Waals surface area contributed by atoms with E-state index in [1.54, 1.807) is 16.1 Å². The SMILES string of the molecule is O=C(CN(C(=O)c1cccc2ccccc12)C1CC1)N(Cc1ccccc1)Cc1ccco1. The van der Waals surface area contributed by atoms with Gasteiger partial charge >= 0.3 is 0 Å². The first-order chi connectivity index (χ1) is 16.2. The third-order valence-corrected chi connectivity index (χ3v) is 6.07. The summed E-state index contributed by atoms with van der Waals surface area (Å²) in [5.74, 6) is 0.550. The molecule has 0 aliphatic heterocycles. The van der Waals surface area contributed by atoms with Crippen LogP contribution in [-0.4, -0.2) is 34.2 Å². The van der Waals surface area contributed by atoms with Gasteiger partial charge in [0, 0.05) is 18.2 Å². The second-order valence-corrected chi connectivity index (χ2v) is 8.51. The van der Waals surface area contributed by atoms with Gasteiger partial charge in [-0.1, -0.05) is 66.7 Å². The number of carbonyl (C=O) groups excluding carboxylic acids is 2. The average Bonchev–Trinajstić information content (AvgIpc) is 3.57. The molecule has 166 valence electrons. The summed E-state index contributed by atoms with van der Waals surface area (Å²) >= 11 is 0. The number of benzene rings is 3. The van der Waals surface area contributed by atoms with E-state index in [1.807, 2.05) is 84.9 Å². The third-order valence-electron chi connectivity index (χ3n) is 6.07. The van der Waals surface area contributed by atoms with E-state index in [1.165, 1.54) is 0 Å². The highest BCUT2D eigenvalue weighted by Gasteiger charge is 2.35. The average molecular weight is 439 g/mol. The van der Waals surface area contributed by atoms with Crippen LogP contribution in [0.2, 0.25) is 0 Å². The first-order valence-corrected chi connectivity index (χ1v) is 11.3. The minimum Gasteiger partial charge on any atom is -0.467 e. The summed E-state index contributed by atoms with van der Waals surface area (Å²) in [6.07, 6.45) is 3.47. The standard InChI is InChI=1S/C28H26N2O3/c31-27(29(19-24-12-7-17-33-24)18-21-8-2-1-3-9-21)20-30(23-15-16-23)28(32)26-14-6-11-22-10-4-5-13-25(22)26/h1-14,17,23H,15-16,18-20H2. The molecule has 0 spiro atoms. The van der Waals surface area contributed by atoms with Crippen LogP contribution < -0.4 is 0 Å². The molecule has 1 aliphatic rings. The minimum absolute atomic E-state index is 0.0558. The summed E-state index contributed by atoms with van der Waals surface area (Å²) < 4.78 is 5.51. The van der Waals surface area contributed by atoms with Gasteiger partial charge in [-0.3, -0.25) is 9.59 Å². The largest absolute Gasteiger partial charge is 0.467 e. The van der Waals surface area contributed by atoms with Gasteiger partial charge in [0.05, 0.1) is 12.8 Å². The van der Waals surface area contributed by atoms with E-state index in [2.05, 4.69) is 0 Å². The molecule has 2 amide bonds. The number of hydrogen-bond acceptors (Lipinski definition) is 3. The van der Waals surface area contributed by atoms with E-state index in [4.69, 9.17) is 4.42 Å². The van der Waals surface area contributed by atoms with Crippen LogP contribution in [0.1, 0.15) is 34.5 Å². The Morgan fingerprint density at radius 2 is 1.58 bits per heavy atom. The molecule has 5 rings (SSSR count). The van der Waals surface area contributed by atoms with Crippen molar-refractivity contribution < 1.29 is 14.0 Å². The van der Waals surface area contributed by atoms with Crippen LogP contribution in [0.15, 0.2) is 95.6 Å². The summed E-state index contributed by atoms with van der Waals surface area (Å²) in [6, 6.07) is 27.3. The first kappa shape index (κ1) is 21.0. The molecule has 4 aromatic rings. The maximum absolute atomic E-state index is 13.6. The lowest BCUT2D eigenvalue weighted by molar-refractivity contribution is -0.133. The highest BCUT2D eigenvalue weighted by atomic mass is 16.3. The lowest BCUT2D eigenvalue weighted by atomic mass is 10.0. The maximum Gasteiger partial charge on any atom is 0.255 e. The fourth-order valence-corrected chi connectivity index (χ4v) is 4.19. The van der Waals surface area contributed by atoms with Gasteiger partial charge in [-0.05, 0) is 47.4 Å². The van der Waals surface area contributed by atoms with E-state index >= 15 is 0 Å². The second kappa shape index (κ2) is 9.33. The zero-order valence-electron chi connectivity index (χ0n) is 18.4. The molecule has 0 atom stereocenters. The van der Waals surface area contributed by atoms with Crippen molar-refractivity contribution in [3.63, 3.8) is 0 Å². The minimum atomic E-state index is -0.0873. The normalized spacial score (nSPS) is 13.1. The van der Waals surface area contributed by atoms with E-state index in [0.29, 0.717) is 18.7 Å². The zero-order chi connectivity index (χ0) is 22.6. The molecule has 5 heteroatoms. The summed E-state index contributed by atoms with van der Waals surface area (Å²) in [4.78, 5) is 30.6. The highest BCUT2D eigenvalue weighted by Crippen LogP contribution is 2.30. The number of hydrogen-bond donors (Lipinski definition) is 0. The number of nitrogens with zero attached hydrogens (tertiary/aromatic N) is 2. The Balaban J connectivity index is 1.39. The van der Waals surface area contributed by atoms with Crippen molar-refractivity contribution in [2.75, 3.05) is 6.54 Å². The van der Waals surface area contributed by atoms with Gasteiger partial charge in [-0.25, -0.2) is 0 Å². The lowest BCUT2D eigenvalue weighted by Gasteiger charge is -2.28. The van der Waals surface area contributed by atoms with E-state index in [0.717, 1.165) is 34.9 Å². The molecule has 3 aromatic carbocycles. The van der Waals surface area contributed by atoms with Crippen molar-refractivity contribution in [1.82, 2.24) is 9.80 Å². The van der Waals surface area contributed by atoms with Gasteiger partial charge in [-0.15, -0.1) is 0 Å². The van der Waals surface area contributed by atoms with Gasteiger partial charge in [0.25, 0.3) is 5.91 Å². The Hall–Kier alpha value is -3.86. The monoisotopic (exact) mass is 438 g/mol. The predicted octanol–water partition coefficient (Wildman–Crippen LogP) is 5.27. The molecule has 0 saturated heterocycles. The number of carbonyl (C=O) groups is 2. The summed E-state index contributed by atoms with van der Waals surface area (Å²) in [6.45, 7) is 0.878. The van der Waals surface area contributed by atoms with Gasteiger partial charge < -0.3 is 14.2 Å². The van der Waals surface area contributed by atoms with Crippen LogP contribution in [0, 0.1) is 0 Å². The van der Waals surface area contributed by atoms with Gasteiger partial charge in [0.2, 0.25) is 5.91 Å². The topological polar surface area (TPSA) is 53.8 Å². The van der Waals surface area contributed by atoms with E-state index in [-0.39, 0.29) is 24.4 Å². The number of amides is 2. The maximum atomic E-state index is 13.6. The molecule has 1 heterocycles. The van der Waals surface area contributed by atoms with Crippen molar-refractivity contribution in [3.8, 4) is 0 Å². The predicted molar refractivity (Wildman–Crippen MR) is 127 cm³/mol. The molecular weight excluding hydrogens is 412 g/mol. The van der Waals surface area contributed by atoms with Crippen LogP contribution in [0.3, 0.4) is 0 Å². The van der Waals surface area contributed by atoms with Crippen LogP contribution in [0.5, 0.6) is 0 Å². The zero-order valence-corrected chi connectivity index (χ0v) is 18.4. The smallest absolute Gasteiger partial charge is 0.255 e. The molecule has 0 bridgehead atoms. The van der Waals surface area contributed by atoms with E-state index < -0.39 is 0 Å². The number of rotatable bonds is 8. The van der Waals surface area contributed by atoms with E-state index in [9.17, 15) is 9.59 Å². The quantitative estimate of drug-likeness (QED) is 0.377. The molecule has 1 saturated carbocycles. The van der Waals surface area contributed by atoms with Gasteiger partial charge in [0.1, 0.15) is 12.3 Å². The van der Waals surface area contributed by atoms with Crippen molar-refractivity contribution in [1.29, 1.82) is 0 Å². The summed E-state index contributed by atoms with van der Waals surface area (Å²) in [5, 5.41) is 1.94. The van der Waals surface area contributed by atoms with Crippen molar-refractivity contribution in [2.24, 2.45) is 0 Å². The molecule has 1 fully saturated rings. The molecule has 1 aromatic heterocycles. The van der Waals surface area contributed by atoms with Crippen molar-refractivity contribution >= 4 is 22.6 Å². The fourth-order valence-electron chi connectivity index (χ4n) is 4.19. The molecule has 5 nitrogen and oxygen atoms in total. The fraction of sp³-hybridized carbons (Fsp3) is 0.214. The Morgan fingerprint density at radius 3 is 2.33 bits per heavy atom. The molecule has 0 N–H and O–H groups in total. The van der Waals surface area contributed by atoms with Crippen LogP contribution in [-0.2, 0) is 17.9 Å².